The van der Waals surface area contributed by atoms with Gasteiger partial charge < -0.3 is 9.84 Å². The van der Waals surface area contributed by atoms with Crippen molar-refractivity contribution in [3.63, 3.8) is 0 Å². The number of para-hydroxylation sites is 1. The molecule has 0 aliphatic carbocycles. The van der Waals surface area contributed by atoms with Gasteiger partial charge in [-0.2, -0.15) is 0 Å². The lowest BCUT2D eigenvalue weighted by molar-refractivity contribution is 0.125. The normalized spacial score (nSPS) is 12.4. The Morgan fingerprint density at radius 1 is 1.35 bits per heavy atom. The molecule has 2 aromatic rings. The summed E-state index contributed by atoms with van der Waals surface area (Å²) in [6.07, 6.45) is -0.573. The lowest BCUT2D eigenvalue weighted by Gasteiger charge is -2.15. The van der Waals surface area contributed by atoms with E-state index in [1.807, 2.05) is 32.0 Å². The second-order valence-electron chi connectivity index (χ2n) is 4.58. The Labute approximate surface area is 122 Å². The molecule has 1 atom stereocenters. The number of aliphatic hydroxyl groups is 1. The minimum Gasteiger partial charge on any atom is -0.490 e. The van der Waals surface area contributed by atoms with Crippen LogP contribution in [0, 0.1) is 13.8 Å². The van der Waals surface area contributed by atoms with Crippen LogP contribution >= 0.6 is 11.8 Å². The summed E-state index contributed by atoms with van der Waals surface area (Å²) in [5.74, 6) is 1.33. The Morgan fingerprint density at radius 2 is 2.05 bits per heavy atom. The number of hydrogen-bond donors (Lipinski definition) is 1. The quantitative estimate of drug-likeness (QED) is 0.811. The number of ether oxygens (including phenoxy) is 1. The maximum atomic E-state index is 9.96. The molecule has 7 heteroatoms. The fourth-order valence-electron chi connectivity index (χ4n) is 1.77. The van der Waals surface area contributed by atoms with Crippen LogP contribution in [-0.2, 0) is 7.05 Å². The molecule has 0 radical (unpaired) electrons. The predicted octanol–water partition coefficient (Wildman–Crippen LogP) is 1.36. The lowest BCUT2D eigenvalue weighted by atomic mass is 10.1. The van der Waals surface area contributed by atoms with Gasteiger partial charge >= 0.3 is 0 Å². The molecule has 0 amide bonds. The Morgan fingerprint density at radius 3 is 2.65 bits per heavy atom. The largest absolute Gasteiger partial charge is 0.490 e. The van der Waals surface area contributed by atoms with Gasteiger partial charge in [0.05, 0.1) is 6.10 Å². The maximum Gasteiger partial charge on any atom is 0.209 e. The number of hydrogen-bond acceptors (Lipinski definition) is 6. The van der Waals surface area contributed by atoms with Crippen molar-refractivity contribution in [2.45, 2.75) is 25.1 Å². The average molecular weight is 294 g/mol. The molecular formula is C13H18N4O2S. The first-order valence-electron chi connectivity index (χ1n) is 6.30. The van der Waals surface area contributed by atoms with Crippen molar-refractivity contribution in [2.24, 2.45) is 7.05 Å². The smallest absolute Gasteiger partial charge is 0.209 e. The van der Waals surface area contributed by atoms with Crippen LogP contribution in [0.5, 0.6) is 5.75 Å². The van der Waals surface area contributed by atoms with E-state index in [1.54, 1.807) is 11.7 Å². The highest BCUT2D eigenvalue weighted by Crippen LogP contribution is 2.23. The van der Waals surface area contributed by atoms with Crippen molar-refractivity contribution >= 4 is 11.8 Å². The molecule has 0 bridgehead atoms. The van der Waals surface area contributed by atoms with Crippen LogP contribution in [0.4, 0.5) is 0 Å². The predicted molar refractivity (Wildman–Crippen MR) is 76.9 cm³/mol. The van der Waals surface area contributed by atoms with Gasteiger partial charge in [0.25, 0.3) is 0 Å². The molecule has 0 unspecified atom stereocenters. The van der Waals surface area contributed by atoms with Crippen LogP contribution in [0.15, 0.2) is 23.4 Å². The highest BCUT2D eigenvalue weighted by Gasteiger charge is 2.11. The van der Waals surface area contributed by atoms with E-state index in [2.05, 4.69) is 15.5 Å². The second kappa shape index (κ2) is 6.71. The minimum absolute atomic E-state index is 0.254. The van der Waals surface area contributed by atoms with Gasteiger partial charge in [-0.15, -0.1) is 5.10 Å². The van der Waals surface area contributed by atoms with Gasteiger partial charge in [-0.3, -0.25) is 0 Å². The third-order valence-electron chi connectivity index (χ3n) is 2.81. The minimum atomic E-state index is -0.573. The molecule has 2 rings (SSSR count). The monoisotopic (exact) mass is 294 g/mol. The van der Waals surface area contributed by atoms with Crippen molar-refractivity contribution in [2.75, 3.05) is 12.4 Å². The summed E-state index contributed by atoms with van der Waals surface area (Å²) in [6, 6.07) is 5.98. The van der Waals surface area contributed by atoms with Crippen molar-refractivity contribution in [3.8, 4) is 5.75 Å². The van der Waals surface area contributed by atoms with E-state index in [0.29, 0.717) is 10.9 Å². The molecule has 0 aliphatic rings. The summed E-state index contributed by atoms with van der Waals surface area (Å²) in [4.78, 5) is 0. The number of thioether (sulfide) groups is 1. The zero-order valence-corrected chi connectivity index (χ0v) is 12.6. The van der Waals surface area contributed by atoms with Gasteiger partial charge in [-0.1, -0.05) is 30.0 Å². The number of aliphatic hydroxyl groups excluding tert-OH is 1. The van der Waals surface area contributed by atoms with Gasteiger partial charge in [0.15, 0.2) is 0 Å². The van der Waals surface area contributed by atoms with Crippen LogP contribution in [-0.4, -0.2) is 43.8 Å². The highest BCUT2D eigenvalue weighted by molar-refractivity contribution is 7.99. The number of rotatable bonds is 6. The van der Waals surface area contributed by atoms with Crippen LogP contribution in [0.1, 0.15) is 11.1 Å². The van der Waals surface area contributed by atoms with Gasteiger partial charge in [0, 0.05) is 12.8 Å². The molecular weight excluding hydrogens is 276 g/mol. The van der Waals surface area contributed by atoms with Gasteiger partial charge in [0.2, 0.25) is 5.16 Å². The summed E-state index contributed by atoms with van der Waals surface area (Å²) < 4.78 is 7.28. The third-order valence-corrected chi connectivity index (χ3v) is 3.97. The molecule has 1 aromatic heterocycles. The van der Waals surface area contributed by atoms with Crippen molar-refractivity contribution in [1.29, 1.82) is 0 Å². The number of tetrazole rings is 1. The molecule has 1 N–H and O–H groups in total. The van der Waals surface area contributed by atoms with E-state index in [-0.39, 0.29) is 6.61 Å². The summed E-state index contributed by atoms with van der Waals surface area (Å²) in [5.41, 5.74) is 2.14. The fraction of sp³-hybridized carbons (Fsp3) is 0.462. The maximum absolute atomic E-state index is 9.96. The van der Waals surface area contributed by atoms with Crippen molar-refractivity contribution in [3.05, 3.63) is 29.3 Å². The second-order valence-corrected chi connectivity index (χ2v) is 5.57. The van der Waals surface area contributed by atoms with Crippen molar-refractivity contribution in [1.82, 2.24) is 20.2 Å². The summed E-state index contributed by atoms with van der Waals surface area (Å²) in [5, 5.41) is 21.8. The van der Waals surface area contributed by atoms with Crippen LogP contribution in [0.2, 0.25) is 0 Å². The van der Waals surface area contributed by atoms with E-state index in [0.717, 1.165) is 16.9 Å². The van der Waals surface area contributed by atoms with Gasteiger partial charge in [-0.25, -0.2) is 4.68 Å². The Kier molecular flexibility index (Phi) is 4.97. The molecule has 20 heavy (non-hydrogen) atoms. The molecule has 1 heterocycles. The molecule has 108 valence electrons. The molecule has 0 fully saturated rings. The molecule has 0 saturated carbocycles. The number of aryl methyl sites for hydroxylation is 3. The first-order valence-corrected chi connectivity index (χ1v) is 7.28. The van der Waals surface area contributed by atoms with E-state index in [1.165, 1.54) is 11.8 Å². The fourth-order valence-corrected chi connectivity index (χ4v) is 2.52. The SMILES string of the molecule is Cc1cccc(C)c1OC[C@@H](O)CSc1nnnn1C. The molecule has 1 aromatic carbocycles. The van der Waals surface area contributed by atoms with Crippen LogP contribution in [0.25, 0.3) is 0 Å². The highest BCUT2D eigenvalue weighted by atomic mass is 32.2. The van der Waals surface area contributed by atoms with Gasteiger partial charge in [0.1, 0.15) is 12.4 Å². The van der Waals surface area contributed by atoms with E-state index < -0.39 is 6.10 Å². The number of nitrogens with zero attached hydrogens (tertiary/aromatic N) is 4. The Balaban J connectivity index is 1.83. The van der Waals surface area contributed by atoms with Crippen molar-refractivity contribution < 1.29 is 9.84 Å². The Bertz CT molecular complexity index is 553. The summed E-state index contributed by atoms with van der Waals surface area (Å²) >= 11 is 1.40. The summed E-state index contributed by atoms with van der Waals surface area (Å²) in [7, 11) is 1.77. The summed E-state index contributed by atoms with van der Waals surface area (Å²) in [6.45, 7) is 4.24. The third kappa shape index (κ3) is 3.71. The zero-order chi connectivity index (χ0) is 14.5. The van der Waals surface area contributed by atoms with E-state index in [9.17, 15) is 5.11 Å². The lowest BCUT2D eigenvalue weighted by Crippen LogP contribution is -2.21. The zero-order valence-electron chi connectivity index (χ0n) is 11.8. The number of aromatic nitrogens is 4. The standard InChI is InChI=1S/C13H18N4O2S/c1-9-5-4-6-10(2)12(9)19-7-11(18)8-20-13-14-15-16-17(13)3/h4-6,11,18H,7-8H2,1-3H3/t11-/m1/s1. The average Bonchev–Trinajstić information content (AvgIpc) is 2.81. The van der Waals surface area contributed by atoms with Crippen LogP contribution < -0.4 is 4.74 Å². The van der Waals surface area contributed by atoms with Crippen LogP contribution in [0.3, 0.4) is 0 Å². The van der Waals surface area contributed by atoms with E-state index in [4.69, 9.17) is 4.74 Å². The first kappa shape index (κ1) is 14.8. The molecule has 0 spiro atoms. The van der Waals surface area contributed by atoms with Gasteiger partial charge in [-0.05, 0) is 35.4 Å². The first-order chi connectivity index (χ1) is 9.58. The molecule has 6 nitrogen and oxygen atoms in total. The number of benzene rings is 1. The molecule has 0 aliphatic heterocycles. The topological polar surface area (TPSA) is 73.1 Å². The molecule has 0 saturated heterocycles. The Hall–Kier alpha value is -1.60. The van der Waals surface area contributed by atoms with E-state index >= 15 is 0 Å².